The quantitative estimate of drug-likeness (QED) is 0.395. The van der Waals surface area contributed by atoms with E-state index >= 15 is 0 Å². The molecule has 0 atom stereocenters. The van der Waals surface area contributed by atoms with Crippen LogP contribution >= 0.6 is 0 Å². The van der Waals surface area contributed by atoms with Crippen LogP contribution in [0.25, 0.3) is 0 Å². The van der Waals surface area contributed by atoms with Crippen molar-refractivity contribution >= 4 is 33.5 Å². The molecule has 6 bridgehead atoms. The molecule has 5 heterocycles. The summed E-state index contributed by atoms with van der Waals surface area (Å²) in [5.74, 6) is -0.797. The van der Waals surface area contributed by atoms with E-state index in [2.05, 4.69) is 25.6 Å². The number of nitrogens with one attached hydrogen (secondary N) is 3. The SMILES string of the molecule is O=C1NS(=O)(=O)CC=CCCOc2ccc(cc2)CNc2nc(nc(OCC(F)(F)F)n2)Nc2ccc1cc2. The van der Waals surface area contributed by atoms with Crippen LogP contribution in [0.1, 0.15) is 22.3 Å². The van der Waals surface area contributed by atoms with E-state index < -0.39 is 34.7 Å². The van der Waals surface area contributed by atoms with Crippen LogP contribution in [0.5, 0.6) is 11.8 Å². The van der Waals surface area contributed by atoms with Crippen LogP contribution in [0.3, 0.4) is 0 Å². The number of carbonyl (C=O) groups excluding carboxylic acids is 1. The van der Waals surface area contributed by atoms with Gasteiger partial charge in [-0.3, -0.25) is 4.79 Å². The van der Waals surface area contributed by atoms with Crippen molar-refractivity contribution in [1.82, 2.24) is 19.7 Å². The molecule has 0 saturated carbocycles. The maximum atomic E-state index is 12.7. The third-order valence-corrected chi connectivity index (χ3v) is 6.17. The highest BCUT2D eigenvalue weighted by Gasteiger charge is 2.29. The minimum Gasteiger partial charge on any atom is -0.493 e. The summed E-state index contributed by atoms with van der Waals surface area (Å²) in [6.45, 7) is -1.06. The molecule has 15 heteroatoms. The highest BCUT2D eigenvalue weighted by molar-refractivity contribution is 7.90. The van der Waals surface area contributed by atoms with Crippen LogP contribution in [-0.2, 0) is 16.6 Å². The number of anilines is 3. The van der Waals surface area contributed by atoms with Gasteiger partial charge in [0.2, 0.25) is 21.9 Å². The number of ether oxygens (including phenoxy) is 2. The van der Waals surface area contributed by atoms with Crippen molar-refractivity contribution in [2.24, 2.45) is 0 Å². The maximum absolute atomic E-state index is 12.7. The van der Waals surface area contributed by atoms with E-state index in [1.54, 1.807) is 30.3 Å². The summed E-state index contributed by atoms with van der Waals surface area (Å²) in [7, 11) is -3.92. The molecule has 1 aromatic heterocycles. The third kappa shape index (κ3) is 8.84. The van der Waals surface area contributed by atoms with Gasteiger partial charge in [-0.25, -0.2) is 13.1 Å². The van der Waals surface area contributed by atoms with Gasteiger partial charge in [-0.15, -0.1) is 0 Å². The Balaban J connectivity index is 1.61. The molecule has 1 amide bonds. The highest BCUT2D eigenvalue weighted by atomic mass is 32.2. The zero-order valence-corrected chi connectivity index (χ0v) is 21.1. The number of alkyl halides is 3. The normalized spacial score (nSPS) is 15.9. The summed E-state index contributed by atoms with van der Waals surface area (Å²) in [4.78, 5) is 24.4. The number of amides is 1. The zero-order chi connectivity index (χ0) is 27.9. The zero-order valence-electron chi connectivity index (χ0n) is 20.2. The summed E-state index contributed by atoms with van der Waals surface area (Å²) < 4.78 is 74.9. The minimum absolute atomic E-state index is 0.0450. The number of nitrogens with zero attached hydrogens (tertiary/aromatic N) is 3. The topological polar surface area (TPSA) is 144 Å². The van der Waals surface area contributed by atoms with Crippen molar-refractivity contribution in [2.75, 3.05) is 29.6 Å². The Hall–Kier alpha value is -4.40. The number of halogens is 3. The average Bonchev–Trinajstić information content (AvgIpc) is 2.88. The van der Waals surface area contributed by atoms with E-state index in [0.717, 1.165) is 5.56 Å². The van der Waals surface area contributed by atoms with E-state index in [1.165, 1.54) is 30.3 Å². The molecular weight excluding hydrogens is 541 g/mol. The molecule has 39 heavy (non-hydrogen) atoms. The molecule has 0 radical (unpaired) electrons. The van der Waals surface area contributed by atoms with Gasteiger partial charge in [0.25, 0.3) is 5.91 Å². The summed E-state index contributed by atoms with van der Waals surface area (Å²) in [5.41, 5.74) is 1.24. The minimum atomic E-state index is -4.60. The lowest BCUT2D eigenvalue weighted by molar-refractivity contribution is -0.154. The van der Waals surface area contributed by atoms with Crippen molar-refractivity contribution in [3.05, 3.63) is 71.8 Å². The van der Waals surface area contributed by atoms with E-state index in [1.807, 2.05) is 4.72 Å². The number of sulfonamides is 1. The summed E-state index contributed by atoms with van der Waals surface area (Å²) in [6.07, 6.45) is -1.07. The summed E-state index contributed by atoms with van der Waals surface area (Å²) >= 11 is 0. The van der Waals surface area contributed by atoms with Crippen LogP contribution in [0.4, 0.5) is 30.8 Å². The second-order valence-electron chi connectivity index (χ2n) is 8.19. The fourth-order valence-electron chi connectivity index (χ4n) is 3.22. The maximum Gasteiger partial charge on any atom is 0.422 e. The molecule has 7 rings (SSSR count). The number of hydrogen-bond donors (Lipinski definition) is 3. The molecule has 0 spiro atoms. The van der Waals surface area contributed by atoms with Crippen molar-refractivity contribution < 1.29 is 35.9 Å². The molecular formula is C24H23F3N6O5S. The molecule has 0 saturated heterocycles. The van der Waals surface area contributed by atoms with E-state index in [4.69, 9.17) is 9.47 Å². The second-order valence-corrected chi connectivity index (χ2v) is 9.96. The number of carbonyl (C=O) groups is 1. The highest BCUT2D eigenvalue weighted by Crippen LogP contribution is 2.21. The molecule has 3 N–H and O–H groups in total. The van der Waals surface area contributed by atoms with Crippen LogP contribution in [-0.4, -0.2) is 54.4 Å². The van der Waals surface area contributed by atoms with Gasteiger partial charge in [0.05, 0.1) is 12.4 Å². The second kappa shape index (κ2) is 12.0. The first-order valence-electron chi connectivity index (χ1n) is 11.5. The molecule has 4 aliphatic heterocycles. The predicted molar refractivity (Wildman–Crippen MR) is 135 cm³/mol. The Labute approximate surface area is 221 Å². The Bertz CT molecular complexity index is 1430. The van der Waals surface area contributed by atoms with E-state index in [-0.39, 0.29) is 29.8 Å². The van der Waals surface area contributed by atoms with E-state index in [0.29, 0.717) is 24.5 Å². The smallest absolute Gasteiger partial charge is 0.422 e. The number of aromatic nitrogens is 3. The Morgan fingerprint density at radius 3 is 2.38 bits per heavy atom. The van der Waals surface area contributed by atoms with Gasteiger partial charge < -0.3 is 20.1 Å². The lowest BCUT2D eigenvalue weighted by Crippen LogP contribution is -2.32. The molecule has 0 aliphatic carbocycles. The van der Waals surface area contributed by atoms with Crippen LogP contribution in [0, 0.1) is 0 Å². The Morgan fingerprint density at radius 2 is 1.67 bits per heavy atom. The van der Waals surface area contributed by atoms with Gasteiger partial charge in [-0.2, -0.15) is 28.1 Å². The standard InChI is InChI=1S/C24H23F3N6O5S/c25-24(26,27)15-38-23-31-21-28-14-16-4-10-19(11-5-16)37-12-2-1-3-13-39(35,36)33-20(34)17-6-8-18(9-7-17)29-22(30-21)32-23/h1,3-11H,2,12-15H2,(H,33,34)(H2,28,29,30,31,32). The lowest BCUT2D eigenvalue weighted by atomic mass is 10.2. The van der Waals surface area contributed by atoms with Gasteiger partial charge in [0.1, 0.15) is 5.75 Å². The van der Waals surface area contributed by atoms with Crippen LogP contribution in [0.2, 0.25) is 0 Å². The molecule has 206 valence electrons. The summed E-state index contributed by atoms with van der Waals surface area (Å²) in [6, 6.07) is 12.1. The van der Waals surface area contributed by atoms with Gasteiger partial charge in [0.15, 0.2) is 6.61 Å². The fourth-order valence-corrected chi connectivity index (χ4v) is 4.09. The van der Waals surface area contributed by atoms with Gasteiger partial charge in [0, 0.05) is 17.8 Å². The fraction of sp³-hybridized carbons (Fsp3) is 0.250. The number of hydrogen-bond acceptors (Lipinski definition) is 10. The van der Waals surface area contributed by atoms with E-state index in [9.17, 15) is 26.4 Å². The molecule has 11 nitrogen and oxygen atoms in total. The third-order valence-electron chi connectivity index (χ3n) is 5.04. The van der Waals surface area contributed by atoms with Crippen molar-refractivity contribution in [3.8, 4) is 11.8 Å². The average molecular weight is 565 g/mol. The molecule has 0 fully saturated rings. The van der Waals surface area contributed by atoms with Crippen LogP contribution < -0.4 is 24.8 Å². The first-order valence-corrected chi connectivity index (χ1v) is 13.2. The first kappa shape index (κ1) is 27.6. The molecule has 3 aromatic rings. The van der Waals surface area contributed by atoms with Gasteiger partial charge in [-0.05, 0) is 48.4 Å². The Kier molecular flexibility index (Phi) is 8.49. The van der Waals surface area contributed by atoms with Crippen molar-refractivity contribution in [3.63, 3.8) is 0 Å². The van der Waals surface area contributed by atoms with Crippen molar-refractivity contribution in [2.45, 2.75) is 19.1 Å². The van der Waals surface area contributed by atoms with Crippen molar-refractivity contribution in [1.29, 1.82) is 0 Å². The molecule has 0 unspecified atom stereocenters. The lowest BCUT2D eigenvalue weighted by Gasteiger charge is -2.12. The largest absolute Gasteiger partial charge is 0.493 e. The number of rotatable bonds is 2. The number of benzene rings is 2. The Morgan fingerprint density at radius 1 is 0.949 bits per heavy atom. The first-order chi connectivity index (χ1) is 18.5. The van der Waals surface area contributed by atoms with Gasteiger partial charge in [-0.1, -0.05) is 24.3 Å². The summed E-state index contributed by atoms with van der Waals surface area (Å²) in [5, 5.41) is 5.73. The molecule has 2 aromatic carbocycles. The van der Waals surface area contributed by atoms with Gasteiger partial charge >= 0.3 is 12.2 Å². The molecule has 4 aliphatic rings. The monoisotopic (exact) mass is 564 g/mol. The predicted octanol–water partition coefficient (Wildman–Crippen LogP) is 3.57. The van der Waals surface area contributed by atoms with Crippen LogP contribution in [0.15, 0.2) is 60.7 Å².